The lowest BCUT2D eigenvalue weighted by Crippen LogP contribution is -2.42. The largest absolute Gasteiger partial charge is 0.466 e. The van der Waals surface area contributed by atoms with Crippen LogP contribution in [0.3, 0.4) is 0 Å². The van der Waals surface area contributed by atoms with Gasteiger partial charge in [-0.3, -0.25) is 0 Å². The van der Waals surface area contributed by atoms with Gasteiger partial charge in [0.2, 0.25) is 0 Å². The van der Waals surface area contributed by atoms with Crippen LogP contribution in [0.15, 0.2) is 34.9 Å². The first-order valence-corrected chi connectivity index (χ1v) is 8.57. The van der Waals surface area contributed by atoms with Crippen molar-refractivity contribution in [1.29, 1.82) is 0 Å². The van der Waals surface area contributed by atoms with Crippen LogP contribution in [-0.4, -0.2) is 45.2 Å². The van der Waals surface area contributed by atoms with Crippen molar-refractivity contribution in [2.45, 2.75) is 44.0 Å². The van der Waals surface area contributed by atoms with E-state index in [9.17, 15) is 9.59 Å². The highest BCUT2D eigenvalue weighted by Gasteiger charge is 2.48. The molecule has 2 heterocycles. The lowest BCUT2D eigenvalue weighted by atomic mass is 9.78. The third kappa shape index (κ3) is 3.04. The van der Waals surface area contributed by atoms with Gasteiger partial charge in [-0.2, -0.15) is 0 Å². The lowest BCUT2D eigenvalue weighted by molar-refractivity contribution is -0.214. The number of hydrogen-bond donors (Lipinski definition) is 0. The van der Waals surface area contributed by atoms with Gasteiger partial charge in [0.1, 0.15) is 6.10 Å². The fraction of sp³-hybridized carbons (Fsp3) is 0.579. The van der Waals surface area contributed by atoms with Gasteiger partial charge >= 0.3 is 11.9 Å². The van der Waals surface area contributed by atoms with E-state index in [2.05, 4.69) is 0 Å². The second kappa shape index (κ2) is 7.14. The predicted octanol–water partition coefficient (Wildman–Crippen LogP) is 2.45. The monoisotopic (exact) mass is 348 g/mol. The van der Waals surface area contributed by atoms with Gasteiger partial charge in [0, 0.05) is 13.0 Å². The van der Waals surface area contributed by atoms with E-state index in [1.54, 1.807) is 13.2 Å². The Hall–Kier alpha value is -1.92. The Labute approximate surface area is 147 Å². The molecule has 0 saturated heterocycles. The second-order valence-corrected chi connectivity index (χ2v) is 6.48. The molecule has 3 rings (SSSR count). The zero-order chi connectivity index (χ0) is 18.0. The number of allylic oxidation sites excluding steroid dienone is 1. The van der Waals surface area contributed by atoms with Crippen molar-refractivity contribution in [3.05, 3.63) is 34.9 Å². The van der Waals surface area contributed by atoms with Gasteiger partial charge in [0.15, 0.2) is 5.79 Å². The summed E-state index contributed by atoms with van der Waals surface area (Å²) in [6.45, 7) is 0. The summed E-state index contributed by atoms with van der Waals surface area (Å²) in [7, 11) is 4.20. The molecule has 2 aliphatic heterocycles. The highest BCUT2D eigenvalue weighted by molar-refractivity contribution is 6.01. The Morgan fingerprint density at radius 1 is 1.16 bits per heavy atom. The second-order valence-electron chi connectivity index (χ2n) is 6.48. The fourth-order valence-electron chi connectivity index (χ4n) is 4.03. The minimum atomic E-state index is -0.915. The molecular formula is C19H24O6. The van der Waals surface area contributed by atoms with Gasteiger partial charge in [-0.1, -0.05) is 18.1 Å². The number of ether oxygens (including phenoxy) is 4. The molecule has 0 spiro atoms. The highest BCUT2D eigenvalue weighted by atomic mass is 16.7. The molecule has 0 amide bonds. The molecule has 1 unspecified atom stereocenters. The maximum Gasteiger partial charge on any atom is 0.337 e. The van der Waals surface area contributed by atoms with Crippen LogP contribution in [0.2, 0.25) is 0 Å². The van der Waals surface area contributed by atoms with E-state index in [4.69, 9.17) is 18.9 Å². The summed E-state index contributed by atoms with van der Waals surface area (Å²) in [4.78, 5) is 24.7. The first-order valence-electron chi connectivity index (χ1n) is 8.57. The summed E-state index contributed by atoms with van der Waals surface area (Å²) in [5, 5.41) is 0. The van der Waals surface area contributed by atoms with E-state index in [0.29, 0.717) is 6.42 Å². The number of fused-ring (bicyclic) bond motifs is 4. The molecule has 1 saturated carbocycles. The van der Waals surface area contributed by atoms with Gasteiger partial charge in [-0.15, -0.1) is 0 Å². The highest BCUT2D eigenvalue weighted by Crippen LogP contribution is 2.46. The minimum Gasteiger partial charge on any atom is -0.466 e. The Bertz CT molecular complexity index is 659. The van der Waals surface area contributed by atoms with Crippen LogP contribution in [0, 0.1) is 5.92 Å². The third-order valence-corrected chi connectivity index (χ3v) is 5.29. The van der Waals surface area contributed by atoms with Gasteiger partial charge < -0.3 is 18.9 Å². The van der Waals surface area contributed by atoms with Crippen molar-refractivity contribution in [2.24, 2.45) is 5.92 Å². The first kappa shape index (κ1) is 17.9. The quantitative estimate of drug-likeness (QED) is 0.576. The summed E-state index contributed by atoms with van der Waals surface area (Å²) < 4.78 is 21.8. The number of esters is 2. The summed E-state index contributed by atoms with van der Waals surface area (Å²) in [6.07, 6.45) is 9.34. The van der Waals surface area contributed by atoms with Crippen molar-refractivity contribution in [3.8, 4) is 0 Å². The summed E-state index contributed by atoms with van der Waals surface area (Å²) in [6, 6.07) is 0. The number of carbonyl (C=O) groups excluding carboxylic acids is 2. The molecule has 3 aliphatic rings. The Kier molecular flexibility index (Phi) is 5.11. The van der Waals surface area contributed by atoms with Crippen molar-refractivity contribution < 1.29 is 28.5 Å². The molecule has 136 valence electrons. The molecule has 6 nitrogen and oxygen atoms in total. The van der Waals surface area contributed by atoms with E-state index in [1.165, 1.54) is 19.8 Å². The van der Waals surface area contributed by atoms with Crippen LogP contribution in [0.4, 0.5) is 0 Å². The average molecular weight is 348 g/mol. The van der Waals surface area contributed by atoms with E-state index >= 15 is 0 Å². The van der Waals surface area contributed by atoms with Crippen molar-refractivity contribution in [1.82, 2.24) is 0 Å². The van der Waals surface area contributed by atoms with Crippen LogP contribution >= 0.6 is 0 Å². The zero-order valence-corrected chi connectivity index (χ0v) is 14.9. The maximum absolute atomic E-state index is 12.4. The molecule has 6 heteroatoms. The minimum absolute atomic E-state index is 0.0726. The van der Waals surface area contributed by atoms with Gasteiger partial charge in [0.05, 0.1) is 25.4 Å². The fourth-order valence-corrected chi connectivity index (χ4v) is 4.03. The molecule has 1 fully saturated rings. The number of hydrogen-bond acceptors (Lipinski definition) is 6. The molecule has 0 N–H and O–H groups in total. The standard InChI is InChI=1S/C19H24O6/c1-22-17(20)13-9-8-12-6-4-5-7-14(12)19(24-3)11-10-15(25-19)16(13)18(21)23-2/h8,10-11,14-15H,4-7,9H2,1-3H3/b12-8-,16-13-/t14?,15-,19-/m0/s1. The molecule has 0 aromatic carbocycles. The van der Waals surface area contributed by atoms with Crippen LogP contribution in [0.5, 0.6) is 0 Å². The molecular weight excluding hydrogens is 324 g/mol. The SMILES string of the molecule is COC(=O)/C1=C(\C(=O)OC)[C@@H]2C=C[C@](OC)(O2)C2CCCC/C2=C/C1. The van der Waals surface area contributed by atoms with Crippen molar-refractivity contribution in [3.63, 3.8) is 0 Å². The van der Waals surface area contributed by atoms with Gasteiger partial charge in [0.25, 0.3) is 0 Å². The number of rotatable bonds is 3. The van der Waals surface area contributed by atoms with Crippen LogP contribution in [0.1, 0.15) is 32.1 Å². The molecule has 0 aromatic rings. The molecule has 2 bridgehead atoms. The number of methoxy groups -OCH3 is 3. The Morgan fingerprint density at radius 2 is 1.92 bits per heavy atom. The first-order chi connectivity index (χ1) is 12.1. The van der Waals surface area contributed by atoms with E-state index < -0.39 is 23.8 Å². The summed E-state index contributed by atoms with van der Waals surface area (Å²) >= 11 is 0. The van der Waals surface area contributed by atoms with Crippen LogP contribution < -0.4 is 0 Å². The maximum atomic E-state index is 12.4. The number of carbonyl (C=O) groups is 2. The van der Waals surface area contributed by atoms with E-state index in [1.807, 2.05) is 12.2 Å². The smallest absolute Gasteiger partial charge is 0.337 e. The lowest BCUT2D eigenvalue weighted by Gasteiger charge is -2.39. The summed E-state index contributed by atoms with van der Waals surface area (Å²) in [5.41, 5.74) is 1.65. The van der Waals surface area contributed by atoms with Gasteiger partial charge in [-0.25, -0.2) is 9.59 Å². The topological polar surface area (TPSA) is 71.1 Å². The normalized spacial score (nSPS) is 36.4. The molecule has 3 atom stereocenters. The Balaban J connectivity index is 2.14. The predicted molar refractivity (Wildman–Crippen MR) is 89.5 cm³/mol. The summed E-state index contributed by atoms with van der Waals surface area (Å²) in [5.74, 6) is -1.98. The van der Waals surface area contributed by atoms with Crippen LogP contribution in [-0.2, 0) is 28.5 Å². The van der Waals surface area contributed by atoms with Crippen LogP contribution in [0.25, 0.3) is 0 Å². The molecule has 0 radical (unpaired) electrons. The Morgan fingerprint density at radius 3 is 2.60 bits per heavy atom. The van der Waals surface area contributed by atoms with Gasteiger partial charge in [-0.05, 0) is 37.8 Å². The average Bonchev–Trinajstić information content (AvgIpc) is 3.10. The van der Waals surface area contributed by atoms with E-state index in [-0.39, 0.29) is 17.1 Å². The van der Waals surface area contributed by atoms with E-state index in [0.717, 1.165) is 25.7 Å². The third-order valence-electron chi connectivity index (χ3n) is 5.29. The molecule has 1 aliphatic carbocycles. The van der Waals surface area contributed by atoms with Crippen molar-refractivity contribution in [2.75, 3.05) is 21.3 Å². The molecule has 25 heavy (non-hydrogen) atoms. The van der Waals surface area contributed by atoms with Crippen molar-refractivity contribution >= 4 is 11.9 Å². The zero-order valence-electron chi connectivity index (χ0n) is 14.9. The molecule has 0 aromatic heterocycles.